The molecule has 0 saturated heterocycles. The largest absolute Gasteiger partial charge is 0.349 e. The van der Waals surface area contributed by atoms with E-state index in [1.807, 2.05) is 42.6 Å². The maximum Gasteiger partial charge on any atom is 0.272 e. The molecule has 4 aromatic rings. The molecule has 0 spiro atoms. The Hall–Kier alpha value is -3.08. The molecule has 2 aromatic carbocycles. The minimum Gasteiger partial charge on any atom is -0.349 e. The van der Waals surface area contributed by atoms with E-state index in [2.05, 4.69) is 38.3 Å². The highest BCUT2D eigenvalue weighted by Crippen LogP contribution is 2.16. The first-order valence-electron chi connectivity index (χ1n) is 7.58. The summed E-state index contributed by atoms with van der Waals surface area (Å²) in [4.78, 5) is 12.3. The average Bonchev–Trinajstić information content (AvgIpc) is 3.19. The Kier molecular flexibility index (Phi) is 3.31. The van der Waals surface area contributed by atoms with Crippen molar-refractivity contribution >= 4 is 27.7 Å². The molecule has 0 atom stereocenters. The number of benzene rings is 2. The number of hydrogen-bond acceptors (Lipinski definition) is 2. The van der Waals surface area contributed by atoms with E-state index in [9.17, 15) is 4.79 Å². The molecule has 0 saturated carbocycles. The zero-order valence-electron chi connectivity index (χ0n) is 12.5. The van der Waals surface area contributed by atoms with Crippen LogP contribution in [0.2, 0.25) is 0 Å². The molecule has 0 unspecified atom stereocenters. The molecule has 0 radical (unpaired) electrons. The lowest BCUT2D eigenvalue weighted by molar-refractivity contribution is 0.0949. The van der Waals surface area contributed by atoms with Crippen LogP contribution in [0.5, 0.6) is 0 Å². The summed E-state index contributed by atoms with van der Waals surface area (Å²) in [6.45, 7) is 1.28. The summed E-state index contributed by atoms with van der Waals surface area (Å²) in [7, 11) is 0. The van der Waals surface area contributed by atoms with Crippen molar-refractivity contribution in [1.29, 1.82) is 0 Å². The van der Waals surface area contributed by atoms with Gasteiger partial charge in [0.25, 0.3) is 5.91 Å². The first kappa shape index (κ1) is 13.6. The molecule has 4 rings (SSSR count). The van der Waals surface area contributed by atoms with Gasteiger partial charge in [-0.3, -0.25) is 9.89 Å². The number of nitrogens with zero attached hydrogens (tertiary/aromatic N) is 2. The highest BCUT2D eigenvalue weighted by atomic mass is 16.1. The number of hydrogen-bond donors (Lipinski definition) is 2. The van der Waals surface area contributed by atoms with Gasteiger partial charge in [0.2, 0.25) is 0 Å². The molecule has 2 N–H and O–H groups in total. The number of amides is 1. The Morgan fingerprint density at radius 3 is 2.87 bits per heavy atom. The number of nitrogens with one attached hydrogen (secondary N) is 2. The van der Waals surface area contributed by atoms with Crippen molar-refractivity contribution in [2.24, 2.45) is 0 Å². The fourth-order valence-corrected chi connectivity index (χ4v) is 2.85. The normalized spacial score (nSPS) is 11.1. The first-order valence-corrected chi connectivity index (χ1v) is 7.58. The molecule has 0 aliphatic heterocycles. The van der Waals surface area contributed by atoms with E-state index in [4.69, 9.17) is 0 Å². The van der Waals surface area contributed by atoms with Crippen LogP contribution in [0.25, 0.3) is 21.8 Å². The van der Waals surface area contributed by atoms with Gasteiger partial charge < -0.3 is 9.88 Å². The third-order valence-corrected chi connectivity index (χ3v) is 4.00. The molecule has 5 nitrogen and oxygen atoms in total. The van der Waals surface area contributed by atoms with Crippen LogP contribution in [-0.4, -0.2) is 27.2 Å². The van der Waals surface area contributed by atoms with Gasteiger partial charge in [-0.1, -0.05) is 36.4 Å². The zero-order chi connectivity index (χ0) is 15.6. The summed E-state index contributed by atoms with van der Waals surface area (Å²) in [6.07, 6.45) is 2.04. The molecule has 23 heavy (non-hydrogen) atoms. The van der Waals surface area contributed by atoms with Gasteiger partial charge in [0.05, 0.1) is 5.52 Å². The highest BCUT2D eigenvalue weighted by molar-refractivity contribution is 6.04. The fraction of sp³-hybridized carbons (Fsp3) is 0.111. The molecule has 0 aliphatic carbocycles. The minimum absolute atomic E-state index is 0.154. The maximum atomic E-state index is 12.3. The Bertz CT molecular complexity index is 983. The van der Waals surface area contributed by atoms with Crippen LogP contribution < -0.4 is 5.32 Å². The van der Waals surface area contributed by atoms with Crippen molar-refractivity contribution in [3.63, 3.8) is 0 Å². The second-order valence-corrected chi connectivity index (χ2v) is 5.44. The topological polar surface area (TPSA) is 62.7 Å². The number of carbonyl (C=O) groups is 1. The van der Waals surface area contributed by atoms with Crippen molar-refractivity contribution in [2.75, 3.05) is 6.54 Å². The number of H-pyrrole nitrogens is 1. The molecule has 5 heteroatoms. The average molecular weight is 304 g/mol. The predicted molar refractivity (Wildman–Crippen MR) is 90.4 cm³/mol. The van der Waals surface area contributed by atoms with Crippen molar-refractivity contribution in [2.45, 2.75) is 6.54 Å². The third-order valence-electron chi connectivity index (χ3n) is 4.00. The monoisotopic (exact) mass is 304 g/mol. The van der Waals surface area contributed by atoms with Gasteiger partial charge in [0.15, 0.2) is 5.69 Å². The van der Waals surface area contributed by atoms with Gasteiger partial charge in [-0.25, -0.2) is 0 Å². The number of rotatable bonds is 4. The van der Waals surface area contributed by atoms with E-state index < -0.39 is 0 Å². The number of aromatic nitrogens is 3. The van der Waals surface area contributed by atoms with Gasteiger partial charge in [-0.05, 0) is 23.6 Å². The standard InChI is InChI=1S/C18H16N4O/c23-18(17-14-6-2-3-7-15(14)20-21-17)19-10-12-22-11-9-13-5-1-4-8-16(13)22/h1-9,11H,10,12H2,(H,19,23)(H,20,21). The van der Waals surface area contributed by atoms with E-state index in [1.54, 1.807) is 0 Å². The molecule has 0 bridgehead atoms. The van der Waals surface area contributed by atoms with E-state index in [-0.39, 0.29) is 5.91 Å². The lowest BCUT2D eigenvalue weighted by atomic mass is 10.2. The van der Waals surface area contributed by atoms with Crippen LogP contribution in [-0.2, 0) is 6.54 Å². The molecular weight excluding hydrogens is 288 g/mol. The summed E-state index contributed by atoms with van der Waals surface area (Å²) >= 11 is 0. The van der Waals surface area contributed by atoms with Crippen LogP contribution in [0.15, 0.2) is 60.8 Å². The SMILES string of the molecule is O=C(NCCn1ccc2ccccc21)c1n[nH]c2ccccc12. The zero-order valence-corrected chi connectivity index (χ0v) is 12.5. The van der Waals surface area contributed by atoms with Crippen molar-refractivity contribution in [1.82, 2.24) is 20.1 Å². The van der Waals surface area contributed by atoms with Crippen LogP contribution in [0.4, 0.5) is 0 Å². The maximum absolute atomic E-state index is 12.3. The number of carbonyl (C=O) groups excluding carboxylic acids is 1. The summed E-state index contributed by atoms with van der Waals surface area (Å²) < 4.78 is 2.14. The number of aromatic amines is 1. The number of para-hydroxylation sites is 2. The fourth-order valence-electron chi connectivity index (χ4n) is 2.85. The summed E-state index contributed by atoms with van der Waals surface area (Å²) in [6, 6.07) is 17.9. The van der Waals surface area contributed by atoms with Gasteiger partial charge in [0.1, 0.15) is 0 Å². The molecule has 1 amide bonds. The van der Waals surface area contributed by atoms with Crippen molar-refractivity contribution in [3.05, 3.63) is 66.5 Å². The Morgan fingerprint density at radius 2 is 1.91 bits per heavy atom. The first-order chi connectivity index (χ1) is 11.3. The second kappa shape index (κ2) is 5.61. The summed E-state index contributed by atoms with van der Waals surface area (Å²) in [5.74, 6) is -0.154. The van der Waals surface area contributed by atoms with Gasteiger partial charge in [-0.2, -0.15) is 5.10 Å². The second-order valence-electron chi connectivity index (χ2n) is 5.44. The predicted octanol–water partition coefficient (Wildman–Crippen LogP) is 2.95. The number of fused-ring (bicyclic) bond motifs is 2. The Labute approximate surface area is 132 Å². The summed E-state index contributed by atoms with van der Waals surface area (Å²) in [5.41, 5.74) is 2.49. The van der Waals surface area contributed by atoms with E-state index in [0.717, 1.165) is 17.4 Å². The van der Waals surface area contributed by atoms with Gasteiger partial charge >= 0.3 is 0 Å². The van der Waals surface area contributed by atoms with Crippen molar-refractivity contribution in [3.8, 4) is 0 Å². The molecular formula is C18H16N4O. The molecule has 114 valence electrons. The third kappa shape index (κ3) is 2.46. The minimum atomic E-state index is -0.154. The molecule has 2 aromatic heterocycles. The van der Waals surface area contributed by atoms with Crippen molar-refractivity contribution < 1.29 is 4.79 Å². The van der Waals surface area contributed by atoms with Crippen LogP contribution in [0.3, 0.4) is 0 Å². The Balaban J connectivity index is 1.46. The smallest absolute Gasteiger partial charge is 0.272 e. The molecule has 2 heterocycles. The van der Waals surface area contributed by atoms with Crippen LogP contribution in [0.1, 0.15) is 10.5 Å². The lowest BCUT2D eigenvalue weighted by Crippen LogP contribution is -2.27. The quantitative estimate of drug-likeness (QED) is 0.609. The van der Waals surface area contributed by atoms with E-state index in [0.29, 0.717) is 12.2 Å². The Morgan fingerprint density at radius 1 is 1.09 bits per heavy atom. The molecule has 0 aliphatic rings. The summed E-state index contributed by atoms with van der Waals surface area (Å²) in [5, 5.41) is 12.0. The van der Waals surface area contributed by atoms with Gasteiger partial charge in [-0.15, -0.1) is 0 Å². The lowest BCUT2D eigenvalue weighted by Gasteiger charge is -2.06. The van der Waals surface area contributed by atoms with E-state index in [1.165, 1.54) is 10.9 Å². The van der Waals surface area contributed by atoms with E-state index >= 15 is 0 Å². The van der Waals surface area contributed by atoms with Gasteiger partial charge in [0, 0.05) is 30.2 Å². The van der Waals surface area contributed by atoms with Crippen LogP contribution >= 0.6 is 0 Å². The van der Waals surface area contributed by atoms with Crippen LogP contribution in [0, 0.1) is 0 Å². The molecule has 0 fully saturated rings. The highest BCUT2D eigenvalue weighted by Gasteiger charge is 2.13.